The molecule has 1 unspecified atom stereocenters. The van der Waals surface area contributed by atoms with Crippen LogP contribution in [0.3, 0.4) is 0 Å². The van der Waals surface area contributed by atoms with Gasteiger partial charge in [0.15, 0.2) is 0 Å². The predicted octanol–water partition coefficient (Wildman–Crippen LogP) is -0.467. The smallest absolute Gasteiger partial charge is 0.252 e. The van der Waals surface area contributed by atoms with Crippen molar-refractivity contribution in [2.45, 2.75) is 26.3 Å². The van der Waals surface area contributed by atoms with E-state index in [1.54, 1.807) is 6.07 Å². The Morgan fingerprint density at radius 2 is 2.11 bits per heavy atom. The lowest BCUT2D eigenvalue weighted by molar-refractivity contribution is -0.119. The first-order chi connectivity index (χ1) is 8.47. The van der Waals surface area contributed by atoms with Crippen molar-refractivity contribution in [2.24, 2.45) is 11.6 Å². The predicted molar refractivity (Wildman–Crippen MR) is 67.5 cm³/mol. The normalized spacial score (nSPS) is 11.7. The maximum Gasteiger partial charge on any atom is 0.252 e. The summed E-state index contributed by atoms with van der Waals surface area (Å²) in [5.74, 6) is 4.68. The number of hydrogen-bond donors (Lipinski definition) is 4. The molecule has 18 heavy (non-hydrogen) atoms. The van der Waals surface area contributed by atoms with Crippen LogP contribution >= 0.6 is 0 Å². The van der Waals surface area contributed by atoms with Crippen LogP contribution in [-0.4, -0.2) is 22.8 Å². The Hall–Kier alpha value is -2.15. The number of aryl methyl sites for hydroxylation is 1. The van der Waals surface area contributed by atoms with Crippen molar-refractivity contribution >= 4 is 17.6 Å². The van der Waals surface area contributed by atoms with Crippen molar-refractivity contribution in [1.82, 2.24) is 10.3 Å². The Bertz CT molecular complexity index is 438. The van der Waals surface area contributed by atoms with Gasteiger partial charge in [-0.3, -0.25) is 9.59 Å². The molecule has 98 valence electrons. The van der Waals surface area contributed by atoms with Gasteiger partial charge in [-0.15, -0.1) is 0 Å². The van der Waals surface area contributed by atoms with E-state index >= 15 is 0 Å². The van der Waals surface area contributed by atoms with E-state index in [-0.39, 0.29) is 0 Å². The van der Waals surface area contributed by atoms with E-state index in [1.807, 2.05) is 6.92 Å². The van der Waals surface area contributed by atoms with Crippen LogP contribution < -0.4 is 22.3 Å². The molecule has 7 nitrogen and oxygen atoms in total. The van der Waals surface area contributed by atoms with Gasteiger partial charge in [0, 0.05) is 11.3 Å². The molecule has 1 rings (SSSR count). The summed E-state index contributed by atoms with van der Waals surface area (Å²) in [4.78, 5) is 26.9. The van der Waals surface area contributed by atoms with Crippen LogP contribution in [-0.2, 0) is 11.2 Å². The lowest BCUT2D eigenvalue weighted by Crippen LogP contribution is -2.42. The molecule has 0 fully saturated rings. The van der Waals surface area contributed by atoms with Gasteiger partial charge in [0.1, 0.15) is 11.9 Å². The van der Waals surface area contributed by atoms with Crippen LogP contribution in [0.15, 0.2) is 12.1 Å². The largest absolute Gasteiger partial charge is 0.368 e. The zero-order chi connectivity index (χ0) is 13.7. The number of anilines is 1. The van der Waals surface area contributed by atoms with Gasteiger partial charge in [-0.1, -0.05) is 6.92 Å². The number of nitrogens with zero attached hydrogens (tertiary/aromatic N) is 1. The van der Waals surface area contributed by atoms with Crippen molar-refractivity contribution in [3.05, 3.63) is 23.4 Å². The highest BCUT2D eigenvalue weighted by Gasteiger charge is 2.15. The molecule has 0 spiro atoms. The van der Waals surface area contributed by atoms with Crippen LogP contribution in [0.2, 0.25) is 0 Å². The second-order valence-corrected chi connectivity index (χ2v) is 3.83. The molecule has 1 aromatic rings. The fraction of sp³-hybridized carbons (Fsp3) is 0.364. The summed E-state index contributed by atoms with van der Waals surface area (Å²) in [7, 11) is 0. The number of aromatic nitrogens is 1. The van der Waals surface area contributed by atoms with Crippen molar-refractivity contribution < 1.29 is 9.59 Å². The van der Waals surface area contributed by atoms with Crippen LogP contribution in [0.4, 0.5) is 5.82 Å². The van der Waals surface area contributed by atoms with E-state index in [4.69, 9.17) is 11.6 Å². The number of nitrogen functional groups attached to an aromatic ring is 1. The summed E-state index contributed by atoms with van der Waals surface area (Å²) < 4.78 is 0. The molecular weight excluding hydrogens is 234 g/mol. The number of primary amides is 1. The number of carbonyl (C=O) groups is 2. The molecule has 0 radical (unpaired) electrons. The Morgan fingerprint density at radius 1 is 1.44 bits per heavy atom. The summed E-state index contributed by atoms with van der Waals surface area (Å²) in [6, 6.07) is 2.41. The maximum atomic E-state index is 11.9. The first-order valence-corrected chi connectivity index (χ1v) is 5.55. The first kappa shape index (κ1) is 13.9. The molecule has 0 aromatic carbocycles. The van der Waals surface area contributed by atoms with Crippen molar-refractivity contribution in [1.29, 1.82) is 0 Å². The van der Waals surface area contributed by atoms with E-state index in [9.17, 15) is 9.59 Å². The minimum absolute atomic E-state index is 0.378. The number of nitrogens with two attached hydrogens (primary N) is 2. The third-order valence-corrected chi connectivity index (χ3v) is 2.43. The van der Waals surface area contributed by atoms with Gasteiger partial charge >= 0.3 is 0 Å². The number of pyridine rings is 1. The molecule has 0 saturated heterocycles. The SMILES string of the molecule is CCc1cc(C(=O)NC(C)C(N)=O)cc(NN)n1. The highest BCUT2D eigenvalue weighted by atomic mass is 16.2. The molecule has 1 atom stereocenters. The second-order valence-electron chi connectivity index (χ2n) is 3.83. The van der Waals surface area contributed by atoms with E-state index in [1.165, 1.54) is 13.0 Å². The second kappa shape index (κ2) is 5.97. The van der Waals surface area contributed by atoms with Gasteiger partial charge in [0.2, 0.25) is 5.91 Å². The maximum absolute atomic E-state index is 11.9. The zero-order valence-corrected chi connectivity index (χ0v) is 10.4. The zero-order valence-electron chi connectivity index (χ0n) is 10.4. The molecule has 1 aromatic heterocycles. The lowest BCUT2D eigenvalue weighted by Gasteiger charge is -2.11. The molecule has 0 saturated carbocycles. The van der Waals surface area contributed by atoms with E-state index < -0.39 is 17.9 Å². The fourth-order valence-corrected chi connectivity index (χ4v) is 1.32. The van der Waals surface area contributed by atoms with Gasteiger partial charge < -0.3 is 16.5 Å². The van der Waals surface area contributed by atoms with Gasteiger partial charge in [-0.25, -0.2) is 10.8 Å². The van der Waals surface area contributed by atoms with E-state index in [2.05, 4.69) is 15.7 Å². The molecule has 0 aliphatic rings. The van der Waals surface area contributed by atoms with Gasteiger partial charge in [-0.05, 0) is 25.5 Å². The Balaban J connectivity index is 2.94. The molecule has 0 aliphatic heterocycles. The minimum atomic E-state index is -0.731. The summed E-state index contributed by atoms with van der Waals surface area (Å²) in [5, 5.41) is 2.49. The molecular formula is C11H17N5O2. The number of amides is 2. The lowest BCUT2D eigenvalue weighted by atomic mass is 10.1. The molecule has 1 heterocycles. The van der Waals surface area contributed by atoms with Crippen LogP contribution in [0.25, 0.3) is 0 Å². The molecule has 0 aliphatic carbocycles. The summed E-state index contributed by atoms with van der Waals surface area (Å²) >= 11 is 0. The minimum Gasteiger partial charge on any atom is -0.368 e. The molecule has 6 N–H and O–H groups in total. The first-order valence-electron chi connectivity index (χ1n) is 5.55. The highest BCUT2D eigenvalue weighted by Crippen LogP contribution is 2.10. The average molecular weight is 251 g/mol. The summed E-state index contributed by atoms with van der Waals surface area (Å²) in [5.41, 5.74) is 8.57. The van der Waals surface area contributed by atoms with E-state index in [0.717, 1.165) is 5.69 Å². The van der Waals surface area contributed by atoms with E-state index in [0.29, 0.717) is 17.8 Å². The number of carbonyl (C=O) groups excluding carboxylic acids is 2. The molecule has 2 amide bonds. The topological polar surface area (TPSA) is 123 Å². The Kier molecular flexibility index (Phi) is 4.61. The van der Waals surface area contributed by atoms with Crippen molar-refractivity contribution in [2.75, 3.05) is 5.43 Å². The number of rotatable bonds is 5. The quantitative estimate of drug-likeness (QED) is 0.416. The fourth-order valence-electron chi connectivity index (χ4n) is 1.32. The van der Waals surface area contributed by atoms with Crippen LogP contribution in [0.1, 0.15) is 29.9 Å². The van der Waals surface area contributed by atoms with Gasteiger partial charge in [0.05, 0.1) is 0 Å². The van der Waals surface area contributed by atoms with Crippen molar-refractivity contribution in [3.8, 4) is 0 Å². The summed E-state index contributed by atoms with van der Waals surface area (Å²) in [6.07, 6.45) is 0.668. The monoisotopic (exact) mass is 251 g/mol. The Morgan fingerprint density at radius 3 is 2.61 bits per heavy atom. The van der Waals surface area contributed by atoms with Gasteiger partial charge in [0.25, 0.3) is 5.91 Å². The standard InChI is InChI=1S/C11H17N5O2/c1-3-8-4-7(5-9(15-8)16-13)11(18)14-6(2)10(12)17/h4-6H,3,13H2,1-2H3,(H2,12,17)(H,14,18)(H,15,16). The number of nitrogens with one attached hydrogen (secondary N) is 2. The number of hydrazine groups is 1. The van der Waals surface area contributed by atoms with Crippen LogP contribution in [0, 0.1) is 0 Å². The van der Waals surface area contributed by atoms with Gasteiger partial charge in [-0.2, -0.15) is 0 Å². The highest BCUT2D eigenvalue weighted by molar-refractivity contribution is 5.97. The average Bonchev–Trinajstić information content (AvgIpc) is 2.37. The molecule has 0 bridgehead atoms. The third-order valence-electron chi connectivity index (χ3n) is 2.43. The third kappa shape index (κ3) is 3.42. The molecule has 7 heteroatoms. The summed E-state index contributed by atoms with van der Waals surface area (Å²) in [6.45, 7) is 3.43. The number of hydrogen-bond acceptors (Lipinski definition) is 5. The van der Waals surface area contributed by atoms with Crippen molar-refractivity contribution in [3.63, 3.8) is 0 Å². The van der Waals surface area contributed by atoms with Crippen LogP contribution in [0.5, 0.6) is 0 Å². The Labute approximate surface area is 105 Å².